The number of halogens is 1. The minimum absolute atomic E-state index is 0.169. The van der Waals surface area contributed by atoms with Gasteiger partial charge in [-0.1, -0.05) is 20.3 Å². The smallest absolute Gasteiger partial charge is 0.223 e. The van der Waals surface area contributed by atoms with Crippen molar-refractivity contribution in [3.8, 4) is 0 Å². The van der Waals surface area contributed by atoms with Crippen molar-refractivity contribution in [2.45, 2.75) is 52.4 Å². The standard InChI is InChI=1S/C15H26ClNO/c1-15(2,6-3-7-16)10-17-14(18)13-9-11-4-5-12(13)8-11/h11-13H,3-10H2,1-2H3,(H,17,18). The number of hydrogen-bond acceptors (Lipinski definition) is 1. The minimum atomic E-state index is 0.169. The van der Waals surface area contributed by atoms with Crippen molar-refractivity contribution in [1.82, 2.24) is 5.32 Å². The van der Waals surface area contributed by atoms with Crippen LogP contribution in [0.4, 0.5) is 0 Å². The van der Waals surface area contributed by atoms with Crippen LogP contribution in [0.1, 0.15) is 52.4 Å². The lowest BCUT2D eigenvalue weighted by Gasteiger charge is -2.27. The van der Waals surface area contributed by atoms with E-state index in [-0.39, 0.29) is 5.41 Å². The molecule has 2 aliphatic carbocycles. The van der Waals surface area contributed by atoms with E-state index in [1.54, 1.807) is 0 Å². The van der Waals surface area contributed by atoms with Gasteiger partial charge in [0, 0.05) is 18.3 Å². The largest absolute Gasteiger partial charge is 0.355 e. The Morgan fingerprint density at radius 2 is 2.11 bits per heavy atom. The molecule has 0 radical (unpaired) electrons. The Kier molecular flexibility index (Phi) is 4.58. The Labute approximate surface area is 116 Å². The Bertz CT molecular complexity index is 303. The van der Waals surface area contributed by atoms with Crippen LogP contribution in [0.5, 0.6) is 0 Å². The second kappa shape index (κ2) is 5.81. The molecular formula is C15H26ClNO. The Morgan fingerprint density at radius 1 is 1.33 bits per heavy atom. The Balaban J connectivity index is 1.74. The molecule has 1 amide bonds. The monoisotopic (exact) mass is 271 g/mol. The molecule has 2 rings (SSSR count). The van der Waals surface area contributed by atoms with E-state index < -0.39 is 0 Å². The summed E-state index contributed by atoms with van der Waals surface area (Å²) >= 11 is 5.73. The van der Waals surface area contributed by atoms with Gasteiger partial charge in [-0.2, -0.15) is 0 Å². The maximum absolute atomic E-state index is 12.2. The molecule has 0 aromatic rings. The fraction of sp³-hybridized carbons (Fsp3) is 0.933. The molecule has 3 heteroatoms. The molecule has 0 saturated heterocycles. The van der Waals surface area contributed by atoms with E-state index in [1.165, 1.54) is 19.3 Å². The van der Waals surface area contributed by atoms with Gasteiger partial charge in [0.2, 0.25) is 5.91 Å². The Morgan fingerprint density at radius 3 is 2.67 bits per heavy atom. The third kappa shape index (κ3) is 3.40. The van der Waals surface area contributed by atoms with Crippen LogP contribution in [0.2, 0.25) is 0 Å². The van der Waals surface area contributed by atoms with Crippen LogP contribution in [0.15, 0.2) is 0 Å². The number of alkyl halides is 1. The van der Waals surface area contributed by atoms with Crippen molar-refractivity contribution >= 4 is 17.5 Å². The van der Waals surface area contributed by atoms with Crippen LogP contribution in [-0.2, 0) is 4.79 Å². The van der Waals surface area contributed by atoms with Gasteiger partial charge in [0.05, 0.1) is 0 Å². The number of carbonyl (C=O) groups is 1. The van der Waals surface area contributed by atoms with Gasteiger partial charge in [0.1, 0.15) is 0 Å². The summed E-state index contributed by atoms with van der Waals surface area (Å²) < 4.78 is 0. The predicted octanol–water partition coefficient (Wildman–Crippen LogP) is 3.58. The van der Waals surface area contributed by atoms with Gasteiger partial charge in [-0.25, -0.2) is 0 Å². The first-order chi connectivity index (χ1) is 8.52. The fourth-order valence-electron chi connectivity index (χ4n) is 3.66. The Hall–Kier alpha value is -0.240. The molecule has 2 bridgehead atoms. The first kappa shape index (κ1) is 14.2. The summed E-state index contributed by atoms with van der Waals surface area (Å²) in [5.74, 6) is 2.86. The molecule has 104 valence electrons. The molecule has 3 unspecified atom stereocenters. The van der Waals surface area contributed by atoms with Crippen molar-refractivity contribution in [2.24, 2.45) is 23.2 Å². The highest BCUT2D eigenvalue weighted by atomic mass is 35.5. The maximum atomic E-state index is 12.2. The third-order valence-electron chi connectivity index (χ3n) is 4.80. The lowest BCUT2D eigenvalue weighted by Crippen LogP contribution is -2.39. The highest BCUT2D eigenvalue weighted by molar-refractivity contribution is 6.17. The van der Waals surface area contributed by atoms with E-state index in [0.717, 1.165) is 31.7 Å². The zero-order valence-electron chi connectivity index (χ0n) is 11.7. The summed E-state index contributed by atoms with van der Waals surface area (Å²) in [5, 5.41) is 3.18. The van der Waals surface area contributed by atoms with Gasteiger partial charge < -0.3 is 5.32 Å². The molecule has 0 aromatic heterocycles. The number of nitrogens with one attached hydrogen (secondary N) is 1. The van der Waals surface area contributed by atoms with Gasteiger partial charge in [-0.15, -0.1) is 11.6 Å². The molecule has 0 aliphatic heterocycles. The van der Waals surface area contributed by atoms with E-state index in [1.807, 2.05) is 0 Å². The van der Waals surface area contributed by atoms with Gasteiger partial charge in [0.25, 0.3) is 0 Å². The highest BCUT2D eigenvalue weighted by Gasteiger charge is 2.43. The van der Waals surface area contributed by atoms with E-state index in [2.05, 4.69) is 19.2 Å². The summed E-state index contributed by atoms with van der Waals surface area (Å²) in [5.41, 5.74) is 0.169. The second-order valence-corrected chi connectivity index (χ2v) is 7.33. The number of amides is 1. The maximum Gasteiger partial charge on any atom is 0.223 e. The molecule has 2 nitrogen and oxygen atoms in total. The molecule has 3 atom stereocenters. The average molecular weight is 272 g/mol. The van der Waals surface area contributed by atoms with E-state index >= 15 is 0 Å². The van der Waals surface area contributed by atoms with Crippen LogP contribution in [0.3, 0.4) is 0 Å². The summed E-state index contributed by atoms with van der Waals surface area (Å²) in [7, 11) is 0. The molecule has 1 N–H and O–H groups in total. The molecule has 0 heterocycles. The van der Waals surface area contributed by atoms with Gasteiger partial charge >= 0.3 is 0 Å². The number of fused-ring (bicyclic) bond motifs is 2. The third-order valence-corrected chi connectivity index (χ3v) is 5.07. The number of hydrogen-bond donors (Lipinski definition) is 1. The van der Waals surface area contributed by atoms with Crippen molar-refractivity contribution in [3.63, 3.8) is 0 Å². The van der Waals surface area contributed by atoms with E-state index in [4.69, 9.17) is 11.6 Å². The quantitative estimate of drug-likeness (QED) is 0.735. The second-order valence-electron chi connectivity index (χ2n) is 6.96. The van der Waals surface area contributed by atoms with Crippen molar-refractivity contribution in [3.05, 3.63) is 0 Å². The van der Waals surface area contributed by atoms with Crippen LogP contribution >= 0.6 is 11.6 Å². The molecule has 0 spiro atoms. The minimum Gasteiger partial charge on any atom is -0.355 e. The topological polar surface area (TPSA) is 29.1 Å². The van der Waals surface area contributed by atoms with Crippen molar-refractivity contribution in [1.29, 1.82) is 0 Å². The van der Waals surface area contributed by atoms with Crippen LogP contribution in [-0.4, -0.2) is 18.3 Å². The first-order valence-corrected chi connectivity index (χ1v) is 7.89. The predicted molar refractivity (Wildman–Crippen MR) is 75.7 cm³/mol. The summed E-state index contributed by atoms with van der Waals surface area (Å²) in [6.07, 6.45) is 7.17. The summed E-state index contributed by atoms with van der Waals surface area (Å²) in [6.45, 7) is 5.21. The molecule has 18 heavy (non-hydrogen) atoms. The van der Waals surface area contributed by atoms with Crippen LogP contribution in [0, 0.1) is 23.2 Å². The molecule has 0 aromatic carbocycles. The van der Waals surface area contributed by atoms with E-state index in [0.29, 0.717) is 23.6 Å². The molecule has 2 fully saturated rings. The highest BCUT2D eigenvalue weighted by Crippen LogP contribution is 2.48. The van der Waals surface area contributed by atoms with Crippen molar-refractivity contribution in [2.75, 3.05) is 12.4 Å². The lowest BCUT2D eigenvalue weighted by atomic mass is 9.86. The van der Waals surface area contributed by atoms with Gasteiger partial charge in [-0.05, 0) is 49.4 Å². The molecule has 2 aliphatic rings. The van der Waals surface area contributed by atoms with Gasteiger partial charge in [0.15, 0.2) is 0 Å². The number of carbonyl (C=O) groups excluding carboxylic acids is 1. The number of rotatable bonds is 6. The lowest BCUT2D eigenvalue weighted by molar-refractivity contribution is -0.127. The first-order valence-electron chi connectivity index (χ1n) is 7.35. The molecular weight excluding hydrogens is 246 g/mol. The van der Waals surface area contributed by atoms with Crippen LogP contribution < -0.4 is 5.32 Å². The van der Waals surface area contributed by atoms with Crippen molar-refractivity contribution < 1.29 is 4.79 Å². The molecule has 2 saturated carbocycles. The SMILES string of the molecule is CC(C)(CCCCl)CNC(=O)C1CC2CCC1C2. The summed E-state index contributed by atoms with van der Waals surface area (Å²) in [4.78, 5) is 12.2. The van der Waals surface area contributed by atoms with Crippen LogP contribution in [0.25, 0.3) is 0 Å². The zero-order chi connectivity index (χ0) is 13.2. The van der Waals surface area contributed by atoms with E-state index in [9.17, 15) is 4.79 Å². The van der Waals surface area contributed by atoms with Gasteiger partial charge in [-0.3, -0.25) is 4.79 Å². The summed E-state index contributed by atoms with van der Waals surface area (Å²) in [6, 6.07) is 0. The average Bonchev–Trinajstić information content (AvgIpc) is 2.96. The normalized spacial score (nSPS) is 30.7. The fourth-order valence-corrected chi connectivity index (χ4v) is 3.79. The zero-order valence-corrected chi connectivity index (χ0v) is 12.4.